The third kappa shape index (κ3) is 3.47. The van der Waals surface area contributed by atoms with Gasteiger partial charge in [-0.05, 0) is 35.7 Å². The highest BCUT2D eigenvalue weighted by molar-refractivity contribution is 7.13. The highest BCUT2D eigenvalue weighted by Gasteiger charge is 2.16. The summed E-state index contributed by atoms with van der Waals surface area (Å²) in [5, 5.41) is 6.05. The maximum atomic E-state index is 5.45. The second-order valence-corrected chi connectivity index (χ2v) is 6.24. The Bertz CT molecular complexity index is 815. The van der Waals surface area contributed by atoms with Crippen LogP contribution in [-0.4, -0.2) is 15.0 Å². The standard InChI is InChI=1S/C17H15N3O3S/c1-4-13(21-7-1)10-20(11-14-5-2-8-22-14)12-16-18-17(19-23-16)15-6-3-9-24-15/h1-9H,10-12H2. The van der Waals surface area contributed by atoms with E-state index >= 15 is 0 Å². The van der Waals surface area contributed by atoms with Crippen molar-refractivity contribution in [3.05, 3.63) is 71.7 Å². The van der Waals surface area contributed by atoms with Crippen LogP contribution in [0.4, 0.5) is 0 Å². The lowest BCUT2D eigenvalue weighted by molar-refractivity contribution is 0.183. The van der Waals surface area contributed by atoms with E-state index < -0.39 is 0 Å². The zero-order chi connectivity index (χ0) is 16.2. The Morgan fingerprint density at radius 1 is 0.917 bits per heavy atom. The summed E-state index contributed by atoms with van der Waals surface area (Å²) >= 11 is 1.59. The molecule has 0 aliphatic carbocycles. The molecule has 0 radical (unpaired) electrons. The quantitative estimate of drug-likeness (QED) is 0.502. The highest BCUT2D eigenvalue weighted by atomic mass is 32.1. The lowest BCUT2D eigenvalue weighted by Crippen LogP contribution is -2.22. The summed E-state index contributed by atoms with van der Waals surface area (Å²) in [6, 6.07) is 11.6. The molecule has 0 aliphatic heterocycles. The SMILES string of the molecule is c1coc(CN(Cc2ccco2)Cc2nc(-c3cccs3)no2)c1. The van der Waals surface area contributed by atoms with Crippen LogP contribution in [0.15, 0.2) is 67.7 Å². The van der Waals surface area contributed by atoms with Crippen molar-refractivity contribution in [3.63, 3.8) is 0 Å². The highest BCUT2D eigenvalue weighted by Crippen LogP contribution is 2.22. The minimum absolute atomic E-state index is 0.514. The van der Waals surface area contributed by atoms with Crippen LogP contribution < -0.4 is 0 Å². The molecule has 0 amide bonds. The predicted molar refractivity (Wildman–Crippen MR) is 88.0 cm³/mol. The smallest absolute Gasteiger partial charge is 0.241 e. The van der Waals surface area contributed by atoms with Crippen LogP contribution in [0, 0.1) is 0 Å². The van der Waals surface area contributed by atoms with Gasteiger partial charge in [0.1, 0.15) is 11.5 Å². The molecule has 7 heteroatoms. The van der Waals surface area contributed by atoms with Crippen molar-refractivity contribution < 1.29 is 13.4 Å². The van der Waals surface area contributed by atoms with Gasteiger partial charge in [-0.25, -0.2) is 0 Å². The fraction of sp³-hybridized carbons (Fsp3) is 0.176. The number of nitrogens with zero attached hydrogens (tertiary/aromatic N) is 3. The molecule has 0 fully saturated rings. The Morgan fingerprint density at radius 2 is 1.67 bits per heavy atom. The van der Waals surface area contributed by atoms with Gasteiger partial charge in [0.05, 0.1) is 37.0 Å². The maximum Gasteiger partial charge on any atom is 0.241 e. The summed E-state index contributed by atoms with van der Waals surface area (Å²) in [5.41, 5.74) is 0. The summed E-state index contributed by atoms with van der Waals surface area (Å²) in [5.74, 6) is 2.94. The Kier molecular flexibility index (Phi) is 4.26. The number of aromatic nitrogens is 2. The summed E-state index contributed by atoms with van der Waals surface area (Å²) in [6.07, 6.45) is 3.34. The van der Waals surface area contributed by atoms with Gasteiger partial charge >= 0.3 is 0 Å². The molecule has 0 saturated heterocycles. The molecule has 122 valence electrons. The van der Waals surface area contributed by atoms with E-state index in [1.54, 1.807) is 23.9 Å². The van der Waals surface area contributed by atoms with E-state index in [1.807, 2.05) is 41.8 Å². The van der Waals surface area contributed by atoms with Gasteiger partial charge in [0.2, 0.25) is 11.7 Å². The van der Waals surface area contributed by atoms with Gasteiger partial charge < -0.3 is 13.4 Å². The third-order valence-corrected chi connectivity index (χ3v) is 4.35. The molecule has 4 aromatic heterocycles. The first-order valence-electron chi connectivity index (χ1n) is 7.50. The molecule has 24 heavy (non-hydrogen) atoms. The van der Waals surface area contributed by atoms with Crippen molar-refractivity contribution in [2.24, 2.45) is 0 Å². The zero-order valence-electron chi connectivity index (χ0n) is 12.8. The fourth-order valence-electron chi connectivity index (χ4n) is 2.43. The Hall–Kier alpha value is -2.64. The second kappa shape index (κ2) is 6.86. The van der Waals surface area contributed by atoms with Gasteiger partial charge in [-0.15, -0.1) is 11.3 Å². The molecule has 4 heterocycles. The summed E-state index contributed by atoms with van der Waals surface area (Å²) < 4.78 is 16.3. The summed E-state index contributed by atoms with van der Waals surface area (Å²) in [4.78, 5) is 7.60. The van der Waals surface area contributed by atoms with Gasteiger partial charge in [-0.2, -0.15) is 4.98 Å². The molecule has 6 nitrogen and oxygen atoms in total. The van der Waals surface area contributed by atoms with E-state index in [4.69, 9.17) is 13.4 Å². The largest absolute Gasteiger partial charge is 0.468 e. The van der Waals surface area contributed by atoms with Crippen molar-refractivity contribution in [3.8, 4) is 10.7 Å². The van der Waals surface area contributed by atoms with Gasteiger partial charge in [0.15, 0.2) is 0 Å². The van der Waals surface area contributed by atoms with Crippen LogP contribution in [0.25, 0.3) is 10.7 Å². The molecule has 0 unspecified atom stereocenters. The Balaban J connectivity index is 1.50. The minimum atomic E-state index is 0.514. The van der Waals surface area contributed by atoms with Crippen molar-refractivity contribution in [2.75, 3.05) is 0 Å². The normalized spacial score (nSPS) is 11.4. The van der Waals surface area contributed by atoms with E-state index in [1.165, 1.54) is 0 Å². The number of furan rings is 2. The molecule has 0 bridgehead atoms. The number of rotatable bonds is 7. The lowest BCUT2D eigenvalue weighted by Gasteiger charge is -2.17. The van der Waals surface area contributed by atoms with Crippen molar-refractivity contribution in [1.82, 2.24) is 15.0 Å². The molecular formula is C17H15N3O3S. The Morgan fingerprint density at radius 3 is 2.25 bits per heavy atom. The third-order valence-electron chi connectivity index (χ3n) is 3.49. The molecule has 0 atom stereocenters. The lowest BCUT2D eigenvalue weighted by atomic mass is 10.3. The van der Waals surface area contributed by atoms with Crippen LogP contribution in [0.1, 0.15) is 17.4 Å². The van der Waals surface area contributed by atoms with E-state index in [-0.39, 0.29) is 0 Å². The second-order valence-electron chi connectivity index (χ2n) is 5.29. The van der Waals surface area contributed by atoms with E-state index in [0.717, 1.165) is 16.4 Å². The predicted octanol–water partition coefficient (Wildman–Crippen LogP) is 4.19. The Labute approximate surface area is 142 Å². The van der Waals surface area contributed by atoms with Crippen LogP contribution >= 0.6 is 11.3 Å². The number of hydrogen-bond donors (Lipinski definition) is 0. The molecule has 0 N–H and O–H groups in total. The summed E-state index contributed by atoms with van der Waals surface area (Å²) in [6.45, 7) is 1.77. The zero-order valence-corrected chi connectivity index (χ0v) is 13.6. The average molecular weight is 341 g/mol. The topological polar surface area (TPSA) is 68.4 Å². The monoisotopic (exact) mass is 341 g/mol. The van der Waals surface area contributed by atoms with Gasteiger partial charge in [0.25, 0.3) is 0 Å². The minimum Gasteiger partial charge on any atom is -0.468 e. The number of thiophene rings is 1. The fourth-order valence-corrected chi connectivity index (χ4v) is 3.08. The van der Waals surface area contributed by atoms with Gasteiger partial charge in [-0.3, -0.25) is 4.90 Å². The first-order valence-corrected chi connectivity index (χ1v) is 8.38. The van der Waals surface area contributed by atoms with Crippen LogP contribution in [0.3, 0.4) is 0 Å². The first-order chi connectivity index (χ1) is 11.9. The molecule has 4 rings (SSSR count). The first kappa shape index (κ1) is 14.9. The van der Waals surface area contributed by atoms with E-state index in [2.05, 4.69) is 15.0 Å². The van der Waals surface area contributed by atoms with Crippen molar-refractivity contribution in [1.29, 1.82) is 0 Å². The molecule has 4 aromatic rings. The van der Waals surface area contributed by atoms with E-state index in [0.29, 0.717) is 31.3 Å². The number of hydrogen-bond acceptors (Lipinski definition) is 7. The van der Waals surface area contributed by atoms with Crippen LogP contribution in [0.2, 0.25) is 0 Å². The van der Waals surface area contributed by atoms with Crippen molar-refractivity contribution >= 4 is 11.3 Å². The summed E-state index contributed by atoms with van der Waals surface area (Å²) in [7, 11) is 0. The van der Waals surface area contributed by atoms with Crippen LogP contribution in [-0.2, 0) is 19.6 Å². The van der Waals surface area contributed by atoms with Crippen LogP contribution in [0.5, 0.6) is 0 Å². The molecule has 0 aromatic carbocycles. The van der Waals surface area contributed by atoms with Crippen molar-refractivity contribution in [2.45, 2.75) is 19.6 Å². The molecule has 0 saturated carbocycles. The maximum absolute atomic E-state index is 5.45. The average Bonchev–Trinajstić information content (AvgIpc) is 3.37. The molecule has 0 spiro atoms. The van der Waals surface area contributed by atoms with Gasteiger partial charge in [0, 0.05) is 0 Å². The van der Waals surface area contributed by atoms with E-state index in [9.17, 15) is 0 Å². The molecular weight excluding hydrogens is 326 g/mol. The molecule has 0 aliphatic rings. The van der Waals surface area contributed by atoms with Gasteiger partial charge in [-0.1, -0.05) is 11.2 Å².